The first kappa shape index (κ1) is 13.6. The lowest BCUT2D eigenvalue weighted by Gasteiger charge is -2.04. The highest BCUT2D eigenvalue weighted by Crippen LogP contribution is 2.17. The van der Waals surface area contributed by atoms with Gasteiger partial charge >= 0.3 is 0 Å². The molecule has 0 aliphatic rings. The van der Waals surface area contributed by atoms with Crippen LogP contribution in [-0.2, 0) is 6.42 Å². The maximum atomic E-state index is 13.4. The average molecular weight is 285 g/mol. The summed E-state index contributed by atoms with van der Waals surface area (Å²) in [5, 5.41) is 0.441. The minimum atomic E-state index is -1.32. The number of benzene rings is 2. The molecule has 0 saturated heterocycles. The van der Waals surface area contributed by atoms with E-state index in [1.807, 2.05) is 0 Å². The van der Waals surface area contributed by atoms with Gasteiger partial charge in [0.15, 0.2) is 17.4 Å². The third-order valence-electron chi connectivity index (χ3n) is 2.56. The highest BCUT2D eigenvalue weighted by molar-refractivity contribution is 6.30. The summed E-state index contributed by atoms with van der Waals surface area (Å²) >= 11 is 5.76. The van der Waals surface area contributed by atoms with Crippen LogP contribution in [0.25, 0.3) is 0 Å². The lowest BCUT2D eigenvalue weighted by molar-refractivity contribution is 0.0988. The van der Waals surface area contributed by atoms with Gasteiger partial charge in [-0.3, -0.25) is 4.79 Å². The topological polar surface area (TPSA) is 17.1 Å². The Morgan fingerprint density at radius 3 is 2.37 bits per heavy atom. The van der Waals surface area contributed by atoms with Crippen LogP contribution in [0.5, 0.6) is 0 Å². The molecule has 2 aromatic carbocycles. The van der Waals surface area contributed by atoms with Crippen molar-refractivity contribution in [2.45, 2.75) is 6.42 Å². The zero-order valence-electron chi connectivity index (χ0n) is 9.59. The predicted octanol–water partition coefficient (Wildman–Crippen LogP) is 4.18. The largest absolute Gasteiger partial charge is 0.294 e. The number of halogens is 4. The van der Waals surface area contributed by atoms with E-state index in [1.165, 1.54) is 0 Å². The van der Waals surface area contributed by atoms with Gasteiger partial charge in [-0.1, -0.05) is 23.7 Å². The van der Waals surface area contributed by atoms with Gasteiger partial charge in [-0.15, -0.1) is 0 Å². The van der Waals surface area contributed by atoms with Crippen LogP contribution in [0.3, 0.4) is 0 Å². The standard InChI is InChI=1S/C14H8ClF3O/c15-9-3-1-2-8(4-9)5-14(19)10-6-12(17)13(18)7-11(10)16/h1-4,6-7H,5H2. The third-order valence-corrected chi connectivity index (χ3v) is 2.80. The molecule has 0 heterocycles. The maximum absolute atomic E-state index is 13.4. The summed E-state index contributed by atoms with van der Waals surface area (Å²) in [6, 6.07) is 7.40. The number of carbonyl (C=O) groups is 1. The highest BCUT2D eigenvalue weighted by atomic mass is 35.5. The van der Waals surface area contributed by atoms with Gasteiger partial charge in [-0.25, -0.2) is 13.2 Å². The Morgan fingerprint density at radius 1 is 1.00 bits per heavy atom. The molecule has 0 fully saturated rings. The Morgan fingerprint density at radius 2 is 1.68 bits per heavy atom. The van der Waals surface area contributed by atoms with Gasteiger partial charge < -0.3 is 0 Å². The molecule has 1 nitrogen and oxygen atoms in total. The first-order valence-corrected chi connectivity index (χ1v) is 5.77. The Kier molecular flexibility index (Phi) is 3.90. The minimum Gasteiger partial charge on any atom is -0.294 e. The summed E-state index contributed by atoms with van der Waals surface area (Å²) in [6.07, 6.45) is -0.136. The molecule has 0 aliphatic carbocycles. The molecule has 0 spiro atoms. The molecule has 0 N–H and O–H groups in total. The molecule has 19 heavy (non-hydrogen) atoms. The van der Waals surface area contributed by atoms with Gasteiger partial charge in [0, 0.05) is 17.5 Å². The van der Waals surface area contributed by atoms with Crippen molar-refractivity contribution >= 4 is 17.4 Å². The zero-order chi connectivity index (χ0) is 14.0. The summed E-state index contributed by atoms with van der Waals surface area (Å²) in [7, 11) is 0. The van der Waals surface area contributed by atoms with Gasteiger partial charge in [0.25, 0.3) is 0 Å². The number of hydrogen-bond donors (Lipinski definition) is 0. The van der Waals surface area contributed by atoms with Crippen molar-refractivity contribution in [3.63, 3.8) is 0 Å². The van der Waals surface area contributed by atoms with E-state index in [0.717, 1.165) is 0 Å². The molecule has 2 rings (SSSR count). The van der Waals surface area contributed by atoms with Crippen molar-refractivity contribution in [1.82, 2.24) is 0 Å². The monoisotopic (exact) mass is 284 g/mol. The van der Waals surface area contributed by atoms with Gasteiger partial charge in [-0.2, -0.15) is 0 Å². The molecular formula is C14H8ClF3O. The summed E-state index contributed by atoms with van der Waals surface area (Å²) in [6.45, 7) is 0. The van der Waals surface area contributed by atoms with E-state index in [-0.39, 0.29) is 6.42 Å². The van der Waals surface area contributed by atoms with Crippen molar-refractivity contribution in [1.29, 1.82) is 0 Å². The molecule has 0 aromatic heterocycles. The van der Waals surface area contributed by atoms with Crippen LogP contribution < -0.4 is 0 Å². The Hall–Kier alpha value is -1.81. The average Bonchev–Trinajstić information content (AvgIpc) is 2.33. The Bertz CT molecular complexity index is 641. The molecule has 5 heteroatoms. The second-order valence-electron chi connectivity index (χ2n) is 3.98. The predicted molar refractivity (Wildman–Crippen MR) is 65.8 cm³/mol. The Labute approximate surface area is 112 Å². The lowest BCUT2D eigenvalue weighted by Crippen LogP contribution is -2.07. The molecule has 0 bridgehead atoms. The fourth-order valence-electron chi connectivity index (χ4n) is 1.66. The summed E-state index contributed by atoms with van der Waals surface area (Å²) in [5.41, 5.74) is 0.0977. The molecule has 2 aromatic rings. The fourth-order valence-corrected chi connectivity index (χ4v) is 1.88. The van der Waals surface area contributed by atoms with E-state index in [2.05, 4.69) is 0 Å². The van der Waals surface area contributed by atoms with E-state index in [1.54, 1.807) is 24.3 Å². The van der Waals surface area contributed by atoms with E-state index in [0.29, 0.717) is 22.7 Å². The van der Waals surface area contributed by atoms with E-state index in [4.69, 9.17) is 11.6 Å². The van der Waals surface area contributed by atoms with Crippen molar-refractivity contribution in [2.24, 2.45) is 0 Å². The van der Waals surface area contributed by atoms with Crippen LogP contribution in [0.1, 0.15) is 15.9 Å². The van der Waals surface area contributed by atoms with E-state index >= 15 is 0 Å². The lowest BCUT2D eigenvalue weighted by atomic mass is 10.0. The van der Waals surface area contributed by atoms with Crippen LogP contribution >= 0.6 is 11.6 Å². The van der Waals surface area contributed by atoms with Crippen LogP contribution in [0.15, 0.2) is 36.4 Å². The molecule has 0 radical (unpaired) electrons. The molecule has 98 valence electrons. The maximum Gasteiger partial charge on any atom is 0.170 e. The molecule has 0 saturated carbocycles. The molecule has 0 unspecified atom stereocenters. The van der Waals surface area contributed by atoms with Crippen molar-refractivity contribution in [2.75, 3.05) is 0 Å². The van der Waals surface area contributed by atoms with Crippen LogP contribution in [0, 0.1) is 17.5 Å². The number of rotatable bonds is 3. The van der Waals surface area contributed by atoms with Gasteiger partial charge in [0.2, 0.25) is 0 Å². The number of Topliss-reactive ketones (excluding diaryl/α,β-unsaturated/α-hetero) is 1. The number of ketones is 1. The summed E-state index contributed by atoms with van der Waals surface area (Å²) in [4.78, 5) is 11.8. The zero-order valence-corrected chi connectivity index (χ0v) is 10.3. The van der Waals surface area contributed by atoms with Crippen molar-refractivity contribution < 1.29 is 18.0 Å². The third kappa shape index (κ3) is 3.15. The van der Waals surface area contributed by atoms with Gasteiger partial charge in [0.1, 0.15) is 5.82 Å². The first-order chi connectivity index (χ1) is 8.97. The summed E-state index contributed by atoms with van der Waals surface area (Å²) < 4.78 is 39.2. The second-order valence-corrected chi connectivity index (χ2v) is 4.41. The first-order valence-electron chi connectivity index (χ1n) is 5.39. The molecule has 0 aliphatic heterocycles. The summed E-state index contributed by atoms with van der Waals surface area (Å²) in [5.74, 6) is -4.29. The van der Waals surface area contributed by atoms with Crippen LogP contribution in [-0.4, -0.2) is 5.78 Å². The van der Waals surface area contributed by atoms with E-state index in [9.17, 15) is 18.0 Å². The van der Waals surface area contributed by atoms with E-state index < -0.39 is 28.8 Å². The smallest absolute Gasteiger partial charge is 0.170 e. The number of hydrogen-bond acceptors (Lipinski definition) is 1. The Balaban J connectivity index is 2.28. The molecule has 0 amide bonds. The highest BCUT2D eigenvalue weighted by Gasteiger charge is 2.16. The van der Waals surface area contributed by atoms with Crippen LogP contribution in [0.2, 0.25) is 5.02 Å². The molecular weight excluding hydrogens is 277 g/mol. The van der Waals surface area contributed by atoms with Crippen LogP contribution in [0.4, 0.5) is 13.2 Å². The van der Waals surface area contributed by atoms with Crippen molar-refractivity contribution in [3.8, 4) is 0 Å². The number of carbonyl (C=O) groups excluding carboxylic acids is 1. The van der Waals surface area contributed by atoms with Crippen molar-refractivity contribution in [3.05, 3.63) is 70.0 Å². The minimum absolute atomic E-state index is 0.136. The fraction of sp³-hybridized carbons (Fsp3) is 0.0714. The SMILES string of the molecule is O=C(Cc1cccc(Cl)c1)c1cc(F)c(F)cc1F. The van der Waals surface area contributed by atoms with Gasteiger partial charge in [0.05, 0.1) is 5.56 Å². The molecule has 0 atom stereocenters. The second kappa shape index (κ2) is 5.45. The van der Waals surface area contributed by atoms with Gasteiger partial charge in [-0.05, 0) is 23.8 Å². The quantitative estimate of drug-likeness (QED) is 0.610. The normalized spacial score (nSPS) is 10.5.